The summed E-state index contributed by atoms with van der Waals surface area (Å²) in [4.78, 5) is 13.4. The molecule has 0 fully saturated rings. The van der Waals surface area contributed by atoms with Crippen molar-refractivity contribution in [3.63, 3.8) is 0 Å². The number of aromatic nitrogens is 3. The Hall–Kier alpha value is -1.88. The second-order valence-corrected chi connectivity index (χ2v) is 6.86. The van der Waals surface area contributed by atoms with Crippen LogP contribution in [0.1, 0.15) is 31.5 Å². The Morgan fingerprint density at radius 1 is 1.30 bits per heavy atom. The van der Waals surface area contributed by atoms with Gasteiger partial charge in [-0.05, 0) is 18.2 Å². The minimum atomic E-state index is 0.0370. The smallest absolute Gasteiger partial charge is 0.112 e. The number of hydrogen-bond donors (Lipinski definition) is 2. The van der Waals surface area contributed by atoms with Gasteiger partial charge in [0.2, 0.25) is 0 Å². The summed E-state index contributed by atoms with van der Waals surface area (Å²) in [6.45, 7) is 7.28. The van der Waals surface area contributed by atoms with E-state index < -0.39 is 0 Å². The Morgan fingerprint density at radius 3 is 2.85 bits per heavy atom. The molecule has 0 spiro atoms. The van der Waals surface area contributed by atoms with E-state index in [1.54, 1.807) is 11.3 Å². The lowest BCUT2D eigenvalue weighted by atomic mass is 9.96. The summed E-state index contributed by atoms with van der Waals surface area (Å²) in [5.41, 5.74) is 5.07. The number of benzene rings is 1. The van der Waals surface area contributed by atoms with Gasteiger partial charge in [-0.15, -0.1) is 11.3 Å². The van der Waals surface area contributed by atoms with E-state index in [0.29, 0.717) is 0 Å². The Morgan fingerprint density at radius 2 is 2.15 bits per heavy atom. The molecular weight excluding hydrogens is 268 g/mol. The van der Waals surface area contributed by atoms with Crippen molar-refractivity contribution in [3.05, 3.63) is 40.6 Å². The predicted molar refractivity (Wildman–Crippen MR) is 84.2 cm³/mol. The van der Waals surface area contributed by atoms with Crippen molar-refractivity contribution in [2.75, 3.05) is 5.32 Å². The molecule has 0 radical (unpaired) electrons. The maximum absolute atomic E-state index is 4.64. The molecule has 2 aromatic heterocycles. The summed E-state index contributed by atoms with van der Waals surface area (Å²) in [6.07, 6.45) is 1.89. The lowest BCUT2D eigenvalue weighted by Gasteiger charge is -2.13. The van der Waals surface area contributed by atoms with Gasteiger partial charge in [-0.1, -0.05) is 20.8 Å². The van der Waals surface area contributed by atoms with Gasteiger partial charge in [0.25, 0.3) is 0 Å². The molecule has 0 saturated carbocycles. The van der Waals surface area contributed by atoms with Gasteiger partial charge >= 0.3 is 0 Å². The lowest BCUT2D eigenvalue weighted by molar-refractivity contribution is 0.554. The topological polar surface area (TPSA) is 53.6 Å². The highest BCUT2D eigenvalue weighted by molar-refractivity contribution is 7.09. The summed E-state index contributed by atoms with van der Waals surface area (Å²) in [7, 11) is 0. The molecule has 1 aromatic carbocycles. The zero-order chi connectivity index (χ0) is 14.2. The summed E-state index contributed by atoms with van der Waals surface area (Å²) >= 11 is 1.66. The number of nitrogens with zero attached hydrogens (tertiary/aromatic N) is 2. The van der Waals surface area contributed by atoms with Crippen LogP contribution < -0.4 is 5.32 Å². The average molecular weight is 286 g/mol. The van der Waals surface area contributed by atoms with E-state index in [4.69, 9.17) is 0 Å². The zero-order valence-electron chi connectivity index (χ0n) is 11.9. The molecule has 0 bridgehead atoms. The van der Waals surface area contributed by atoms with Crippen molar-refractivity contribution in [3.8, 4) is 0 Å². The second-order valence-electron chi connectivity index (χ2n) is 5.89. The minimum absolute atomic E-state index is 0.0370. The highest BCUT2D eigenvalue weighted by atomic mass is 32.1. The van der Waals surface area contributed by atoms with Crippen molar-refractivity contribution in [2.45, 2.75) is 32.7 Å². The average Bonchev–Trinajstić information content (AvgIpc) is 3.04. The van der Waals surface area contributed by atoms with E-state index in [-0.39, 0.29) is 5.41 Å². The Kier molecular flexibility index (Phi) is 3.22. The summed E-state index contributed by atoms with van der Waals surface area (Å²) in [6, 6.07) is 6.23. The zero-order valence-corrected chi connectivity index (χ0v) is 12.7. The molecule has 3 rings (SSSR count). The number of hydrogen-bond acceptors (Lipinski definition) is 4. The van der Waals surface area contributed by atoms with Crippen molar-refractivity contribution < 1.29 is 0 Å². The van der Waals surface area contributed by atoms with Gasteiger partial charge in [-0.2, -0.15) is 0 Å². The molecule has 0 saturated heterocycles. The second kappa shape index (κ2) is 4.90. The van der Waals surface area contributed by atoms with Gasteiger partial charge in [0, 0.05) is 22.2 Å². The molecule has 3 aromatic rings. The monoisotopic (exact) mass is 286 g/mol. The third kappa shape index (κ3) is 2.67. The number of H-pyrrole nitrogens is 1. The van der Waals surface area contributed by atoms with Gasteiger partial charge in [-0.3, -0.25) is 4.98 Å². The third-order valence-corrected chi connectivity index (χ3v) is 3.92. The van der Waals surface area contributed by atoms with Gasteiger partial charge < -0.3 is 10.3 Å². The van der Waals surface area contributed by atoms with Crippen LogP contribution in [0.4, 0.5) is 5.69 Å². The number of nitrogens with one attached hydrogen (secondary N) is 2. The van der Waals surface area contributed by atoms with Gasteiger partial charge in [-0.25, -0.2) is 4.98 Å². The molecule has 0 atom stereocenters. The highest BCUT2D eigenvalue weighted by Crippen LogP contribution is 2.24. The highest BCUT2D eigenvalue weighted by Gasteiger charge is 2.18. The maximum atomic E-state index is 4.64. The van der Waals surface area contributed by atoms with E-state index >= 15 is 0 Å². The Bertz CT molecular complexity index is 707. The van der Waals surface area contributed by atoms with Crippen LogP contribution in [0, 0.1) is 0 Å². The standard InChI is InChI=1S/C15H18N4S/c1-15(2,3)14-18-12-5-4-10(6-13(12)19-14)17-8-11-7-16-9-20-11/h4-7,9,17H,8H2,1-3H3,(H,18,19). The van der Waals surface area contributed by atoms with E-state index in [1.165, 1.54) is 4.88 Å². The lowest BCUT2D eigenvalue weighted by Crippen LogP contribution is -2.12. The van der Waals surface area contributed by atoms with E-state index in [0.717, 1.165) is 29.1 Å². The van der Waals surface area contributed by atoms with Crippen molar-refractivity contribution >= 4 is 28.1 Å². The predicted octanol–water partition coefficient (Wildman–Crippen LogP) is 3.93. The molecule has 104 valence electrons. The van der Waals surface area contributed by atoms with Crippen molar-refractivity contribution in [1.29, 1.82) is 0 Å². The molecule has 5 heteroatoms. The maximum Gasteiger partial charge on any atom is 0.112 e. The van der Waals surface area contributed by atoms with E-state index in [1.807, 2.05) is 11.7 Å². The number of rotatable bonds is 3. The van der Waals surface area contributed by atoms with Gasteiger partial charge in [0.1, 0.15) is 5.82 Å². The first-order chi connectivity index (χ1) is 9.52. The largest absolute Gasteiger partial charge is 0.380 e. The molecule has 20 heavy (non-hydrogen) atoms. The van der Waals surface area contributed by atoms with Crippen LogP contribution in [0.3, 0.4) is 0 Å². The first kappa shape index (κ1) is 13.1. The van der Waals surface area contributed by atoms with Crippen molar-refractivity contribution in [2.24, 2.45) is 0 Å². The van der Waals surface area contributed by atoms with Crippen LogP contribution >= 0.6 is 11.3 Å². The molecule has 0 aliphatic carbocycles. The van der Waals surface area contributed by atoms with Crippen LogP contribution in [0.2, 0.25) is 0 Å². The first-order valence-corrected chi connectivity index (χ1v) is 7.52. The molecule has 2 N–H and O–H groups in total. The quantitative estimate of drug-likeness (QED) is 0.767. The van der Waals surface area contributed by atoms with Gasteiger partial charge in [0.15, 0.2) is 0 Å². The molecular formula is C15H18N4S. The Labute approximate surface area is 122 Å². The van der Waals surface area contributed by atoms with Crippen LogP contribution in [0.15, 0.2) is 29.9 Å². The molecule has 0 unspecified atom stereocenters. The molecule has 0 aliphatic rings. The van der Waals surface area contributed by atoms with Crippen LogP contribution in [0.5, 0.6) is 0 Å². The van der Waals surface area contributed by atoms with Crippen molar-refractivity contribution in [1.82, 2.24) is 15.0 Å². The fourth-order valence-corrected chi connectivity index (χ4v) is 2.53. The van der Waals surface area contributed by atoms with Crippen LogP contribution in [-0.4, -0.2) is 15.0 Å². The fraction of sp³-hybridized carbons (Fsp3) is 0.333. The number of anilines is 1. The number of aromatic amines is 1. The molecule has 0 amide bonds. The molecule has 2 heterocycles. The molecule has 4 nitrogen and oxygen atoms in total. The van der Waals surface area contributed by atoms with Gasteiger partial charge in [0.05, 0.1) is 23.1 Å². The first-order valence-electron chi connectivity index (χ1n) is 6.64. The normalized spacial score (nSPS) is 11.9. The van der Waals surface area contributed by atoms with E-state index in [2.05, 4.69) is 59.2 Å². The summed E-state index contributed by atoms with van der Waals surface area (Å²) in [5, 5.41) is 3.41. The number of imidazole rings is 1. The number of thiazole rings is 1. The minimum Gasteiger partial charge on any atom is -0.380 e. The van der Waals surface area contributed by atoms with Crippen LogP contribution in [-0.2, 0) is 12.0 Å². The van der Waals surface area contributed by atoms with E-state index in [9.17, 15) is 0 Å². The van der Waals surface area contributed by atoms with Crippen LogP contribution in [0.25, 0.3) is 11.0 Å². The fourth-order valence-electron chi connectivity index (χ4n) is 1.99. The third-order valence-electron chi connectivity index (χ3n) is 3.14. The SMILES string of the molecule is CC(C)(C)c1nc2ccc(NCc3cncs3)cc2[nH]1. The molecule has 0 aliphatic heterocycles. The Balaban J connectivity index is 1.83. The summed E-state index contributed by atoms with van der Waals surface area (Å²) < 4.78 is 0. The summed E-state index contributed by atoms with van der Waals surface area (Å²) in [5.74, 6) is 1.02. The number of fused-ring (bicyclic) bond motifs is 1.